The molecule has 0 aliphatic carbocycles. The Labute approximate surface area is 131 Å². The molecule has 1 aromatic rings. The molecule has 2 N–H and O–H groups in total. The third-order valence-corrected chi connectivity index (χ3v) is 4.41. The van der Waals surface area contributed by atoms with Gasteiger partial charge in [0.25, 0.3) is 5.91 Å². The summed E-state index contributed by atoms with van der Waals surface area (Å²) >= 11 is 3.34. The van der Waals surface area contributed by atoms with Crippen molar-refractivity contribution in [3.8, 4) is 0 Å². The minimum absolute atomic E-state index is 0.123. The highest BCUT2D eigenvalue weighted by Gasteiger charge is 2.35. The van der Waals surface area contributed by atoms with Crippen LogP contribution in [0.4, 0.5) is 0 Å². The zero-order valence-electron chi connectivity index (χ0n) is 11.4. The van der Waals surface area contributed by atoms with E-state index in [0.29, 0.717) is 11.4 Å². The number of hydrogen-bond donors (Lipinski definition) is 2. The number of hydrogen-bond acceptors (Lipinski definition) is 3. The number of rotatable bonds is 2. The van der Waals surface area contributed by atoms with Crippen LogP contribution in [0.5, 0.6) is 0 Å². The highest BCUT2D eigenvalue weighted by Crippen LogP contribution is 2.24. The van der Waals surface area contributed by atoms with E-state index in [1.807, 2.05) is 12.1 Å². The summed E-state index contributed by atoms with van der Waals surface area (Å²) in [7, 11) is 0. The van der Waals surface area contributed by atoms with Crippen molar-refractivity contribution in [1.82, 2.24) is 10.6 Å². The first kappa shape index (κ1) is 14.4. The van der Waals surface area contributed by atoms with Crippen LogP contribution in [0.2, 0.25) is 0 Å². The van der Waals surface area contributed by atoms with Crippen LogP contribution in [-0.4, -0.2) is 30.7 Å². The first-order valence-electron chi connectivity index (χ1n) is 7.04. The van der Waals surface area contributed by atoms with Crippen molar-refractivity contribution in [2.75, 3.05) is 13.1 Å². The molecule has 2 unspecified atom stereocenters. The lowest BCUT2D eigenvalue weighted by molar-refractivity contribution is -0.129. The largest absolute Gasteiger partial charge is 0.316 e. The molecule has 2 aliphatic heterocycles. The Morgan fingerprint density at radius 3 is 2.57 bits per heavy atom. The van der Waals surface area contributed by atoms with Crippen LogP contribution in [0.3, 0.4) is 0 Å². The average Bonchev–Trinajstić information content (AvgIpc) is 2.49. The Kier molecular flexibility index (Phi) is 4.17. The van der Waals surface area contributed by atoms with Gasteiger partial charge in [-0.2, -0.15) is 4.99 Å². The van der Waals surface area contributed by atoms with Crippen molar-refractivity contribution >= 4 is 33.6 Å². The molecule has 2 atom stereocenters. The van der Waals surface area contributed by atoms with Gasteiger partial charge in [0.05, 0.1) is 0 Å². The Balaban J connectivity index is 1.83. The van der Waals surface area contributed by atoms with Crippen molar-refractivity contribution in [2.24, 2.45) is 10.9 Å². The summed E-state index contributed by atoms with van der Waals surface area (Å²) in [5.74, 6) is -0.846. The lowest BCUT2D eigenvalue weighted by Gasteiger charge is -2.28. The van der Waals surface area contributed by atoms with E-state index in [2.05, 4.69) is 31.6 Å². The molecule has 1 saturated heterocycles. The van der Waals surface area contributed by atoms with Gasteiger partial charge in [-0.25, -0.2) is 0 Å². The van der Waals surface area contributed by atoms with Gasteiger partial charge in [0.15, 0.2) is 0 Å². The number of halogens is 1. The number of carbonyl (C=O) groups excluding carboxylic acids is 2. The molecule has 2 heterocycles. The molecule has 0 saturated carbocycles. The Bertz CT molecular complexity index is 591. The summed E-state index contributed by atoms with van der Waals surface area (Å²) in [4.78, 5) is 28.7. The van der Waals surface area contributed by atoms with Gasteiger partial charge < -0.3 is 10.6 Å². The van der Waals surface area contributed by atoms with Crippen molar-refractivity contribution in [3.05, 3.63) is 34.3 Å². The van der Waals surface area contributed by atoms with Crippen LogP contribution in [0.25, 0.3) is 0 Å². The molecule has 21 heavy (non-hydrogen) atoms. The number of amidine groups is 1. The van der Waals surface area contributed by atoms with Gasteiger partial charge >= 0.3 is 0 Å². The van der Waals surface area contributed by atoms with E-state index in [9.17, 15) is 9.59 Å². The van der Waals surface area contributed by atoms with E-state index >= 15 is 0 Å². The summed E-state index contributed by atoms with van der Waals surface area (Å²) in [5, 5.41) is 6.08. The summed E-state index contributed by atoms with van der Waals surface area (Å²) in [6.07, 6.45) is 1.98. The SMILES string of the molecule is O=C1N=C(C2CCCNC2)NC(=O)C1c1ccc(Br)cc1. The molecule has 0 aromatic heterocycles. The van der Waals surface area contributed by atoms with Crippen molar-refractivity contribution in [3.63, 3.8) is 0 Å². The standard InChI is InChI=1S/C15H16BrN3O2/c16-11-5-3-9(4-6-11)12-14(20)18-13(19-15(12)21)10-2-1-7-17-8-10/h3-6,10,12,17H,1-2,7-8H2,(H,18,19,20,21). The second-order valence-electron chi connectivity index (χ2n) is 5.35. The summed E-state index contributed by atoms with van der Waals surface area (Å²) < 4.78 is 0.910. The van der Waals surface area contributed by atoms with Gasteiger partial charge in [-0.15, -0.1) is 0 Å². The van der Waals surface area contributed by atoms with Gasteiger partial charge in [-0.3, -0.25) is 9.59 Å². The highest BCUT2D eigenvalue weighted by atomic mass is 79.9. The molecule has 0 spiro atoms. The minimum Gasteiger partial charge on any atom is -0.316 e. The third kappa shape index (κ3) is 3.06. The topological polar surface area (TPSA) is 70.6 Å². The van der Waals surface area contributed by atoms with Gasteiger partial charge in [0, 0.05) is 16.9 Å². The molecule has 2 aliphatic rings. The second kappa shape index (κ2) is 6.07. The van der Waals surface area contributed by atoms with Gasteiger partial charge in [0.1, 0.15) is 11.8 Å². The molecule has 1 aromatic carbocycles. The first-order chi connectivity index (χ1) is 10.1. The van der Waals surface area contributed by atoms with Gasteiger partial charge in [-0.1, -0.05) is 28.1 Å². The number of benzene rings is 1. The van der Waals surface area contributed by atoms with Crippen LogP contribution in [-0.2, 0) is 9.59 Å². The number of nitrogens with zero attached hydrogens (tertiary/aromatic N) is 1. The number of amides is 2. The monoisotopic (exact) mass is 349 g/mol. The molecule has 2 amide bonds. The van der Waals surface area contributed by atoms with Crippen LogP contribution < -0.4 is 10.6 Å². The van der Waals surface area contributed by atoms with Crippen LogP contribution in [0.15, 0.2) is 33.7 Å². The first-order valence-corrected chi connectivity index (χ1v) is 7.84. The quantitative estimate of drug-likeness (QED) is 0.796. The van der Waals surface area contributed by atoms with E-state index in [-0.39, 0.29) is 17.7 Å². The van der Waals surface area contributed by atoms with E-state index in [1.165, 1.54) is 0 Å². The zero-order valence-corrected chi connectivity index (χ0v) is 13.0. The molecule has 3 rings (SSSR count). The molecular formula is C15H16BrN3O2. The fraction of sp³-hybridized carbons (Fsp3) is 0.400. The smallest absolute Gasteiger partial charge is 0.264 e. The average molecular weight is 350 g/mol. The Hall–Kier alpha value is -1.53. The molecule has 5 nitrogen and oxygen atoms in total. The van der Waals surface area contributed by atoms with Crippen LogP contribution >= 0.6 is 15.9 Å². The molecule has 1 fully saturated rings. The van der Waals surface area contributed by atoms with E-state index < -0.39 is 5.92 Å². The normalized spacial score (nSPS) is 26.2. The number of nitrogens with one attached hydrogen (secondary N) is 2. The second-order valence-corrected chi connectivity index (χ2v) is 6.27. The molecule has 0 radical (unpaired) electrons. The van der Waals surface area contributed by atoms with E-state index in [4.69, 9.17) is 0 Å². The zero-order chi connectivity index (χ0) is 14.8. The lowest BCUT2D eigenvalue weighted by Crippen LogP contribution is -2.49. The number of aliphatic imine (C=N–C) groups is 1. The van der Waals surface area contributed by atoms with Crippen molar-refractivity contribution < 1.29 is 9.59 Å². The molecule has 0 bridgehead atoms. The molecular weight excluding hydrogens is 334 g/mol. The summed E-state index contributed by atoms with van der Waals surface area (Å²) in [6.45, 7) is 1.74. The molecule has 6 heteroatoms. The van der Waals surface area contributed by atoms with Crippen LogP contribution in [0, 0.1) is 5.92 Å². The molecule has 110 valence electrons. The lowest BCUT2D eigenvalue weighted by atomic mass is 9.93. The van der Waals surface area contributed by atoms with Crippen LogP contribution in [0.1, 0.15) is 24.3 Å². The summed E-state index contributed by atoms with van der Waals surface area (Å²) in [6, 6.07) is 7.18. The van der Waals surface area contributed by atoms with Gasteiger partial charge in [0.2, 0.25) is 5.91 Å². The van der Waals surface area contributed by atoms with Gasteiger partial charge in [-0.05, 0) is 37.1 Å². The van der Waals surface area contributed by atoms with Crippen molar-refractivity contribution in [1.29, 1.82) is 0 Å². The predicted molar refractivity (Wildman–Crippen MR) is 83.1 cm³/mol. The predicted octanol–water partition coefficient (Wildman–Crippen LogP) is 1.59. The number of piperidine rings is 1. The highest BCUT2D eigenvalue weighted by molar-refractivity contribution is 9.10. The third-order valence-electron chi connectivity index (χ3n) is 3.88. The van der Waals surface area contributed by atoms with E-state index in [1.54, 1.807) is 12.1 Å². The maximum Gasteiger partial charge on any atom is 0.264 e. The number of carbonyl (C=O) groups is 2. The summed E-state index contributed by atoms with van der Waals surface area (Å²) in [5.41, 5.74) is 0.672. The maximum absolute atomic E-state index is 12.3. The fourth-order valence-electron chi connectivity index (χ4n) is 2.75. The Morgan fingerprint density at radius 2 is 1.95 bits per heavy atom. The fourth-order valence-corrected chi connectivity index (χ4v) is 3.01. The van der Waals surface area contributed by atoms with Crippen molar-refractivity contribution in [2.45, 2.75) is 18.8 Å². The van der Waals surface area contributed by atoms with E-state index in [0.717, 1.165) is 30.4 Å². The Morgan fingerprint density at radius 1 is 1.19 bits per heavy atom. The maximum atomic E-state index is 12.3. The minimum atomic E-state index is -0.835.